The van der Waals surface area contributed by atoms with Gasteiger partial charge in [-0.1, -0.05) is 127 Å². The number of carbonyl (C=O) groups is 2. The highest BCUT2D eigenvalue weighted by atomic mass is 35.5. The van der Waals surface area contributed by atoms with Crippen LogP contribution >= 0.6 is 11.6 Å². The third-order valence-corrected chi connectivity index (χ3v) is 18.0. The van der Waals surface area contributed by atoms with E-state index in [0.29, 0.717) is 48.8 Å². The van der Waals surface area contributed by atoms with E-state index in [4.69, 9.17) is 26.2 Å². The topological polar surface area (TPSA) is 122 Å². The first-order chi connectivity index (χ1) is 30.5. The van der Waals surface area contributed by atoms with E-state index in [1.165, 1.54) is 10.2 Å². The highest BCUT2D eigenvalue weighted by Crippen LogP contribution is 2.60. The molecule has 1 aromatic heterocycles. The summed E-state index contributed by atoms with van der Waals surface area (Å²) in [5.74, 6) is 0.0780. The van der Waals surface area contributed by atoms with Crippen LogP contribution in [-0.4, -0.2) is 65.5 Å². The number of hydrazone groups is 1. The number of carbonyl (C=O) groups excluding carboxylic acids is 2. The predicted molar refractivity (Wildman–Crippen MR) is 248 cm³/mol. The highest BCUT2D eigenvalue weighted by molar-refractivity contribution is 6.91. The molecule has 3 aliphatic rings. The molecule has 2 amide bonds. The fourth-order valence-electron chi connectivity index (χ4n) is 10.1. The molecule has 4 heterocycles. The van der Waals surface area contributed by atoms with Gasteiger partial charge < -0.3 is 19.5 Å². The Kier molecular flexibility index (Phi) is 11.7. The van der Waals surface area contributed by atoms with Gasteiger partial charge in [0.05, 0.1) is 63.1 Å². The van der Waals surface area contributed by atoms with Crippen molar-refractivity contribution in [3.05, 3.63) is 167 Å². The second-order valence-corrected chi connectivity index (χ2v) is 22.5. The van der Waals surface area contributed by atoms with Crippen molar-refractivity contribution in [1.29, 1.82) is 0 Å². The number of hydrogen-bond donors (Lipinski definition) is 1. The molecule has 11 nitrogen and oxygen atoms in total. The fraction of sp³-hybridized carbons (Fsp3) is 0.300. The van der Waals surface area contributed by atoms with Gasteiger partial charge in [-0.15, -0.1) is 5.10 Å². The van der Waals surface area contributed by atoms with Gasteiger partial charge in [0.2, 0.25) is 5.91 Å². The number of ether oxygens (including phenoxy) is 2. The second kappa shape index (κ2) is 17.3. The minimum absolute atomic E-state index is 0.00169. The summed E-state index contributed by atoms with van der Waals surface area (Å²) in [5.41, 5.74) is 5.34. The molecule has 322 valence electrons. The monoisotopic (exact) mass is 878 g/mol. The molecular formula is C50H51ClN6O5Si. The number of rotatable bonds is 13. The SMILES string of the molecule is COc1ccc([Si](C)(C)[C@@H]2[C@@H](CCn3cc(C(CO)c4ccccc4)nn3)O[C@]3(C(=O)N(Cc4ccc(N5N=C(c6ccccc6)CCC5=O)cc4)c4ccc(Cl)cc43)[C@H]2C)cc1. The van der Waals surface area contributed by atoms with Crippen molar-refractivity contribution in [2.75, 3.05) is 23.6 Å². The summed E-state index contributed by atoms with van der Waals surface area (Å²) in [7, 11) is -0.755. The lowest BCUT2D eigenvalue weighted by Crippen LogP contribution is -2.51. The van der Waals surface area contributed by atoms with Crippen LogP contribution in [0.5, 0.6) is 5.75 Å². The lowest BCUT2D eigenvalue weighted by Gasteiger charge is -2.37. The summed E-state index contributed by atoms with van der Waals surface area (Å²) in [6.07, 6.45) is 3.12. The molecule has 5 atom stereocenters. The van der Waals surface area contributed by atoms with Crippen molar-refractivity contribution >= 4 is 53.8 Å². The number of aliphatic hydroxyl groups excluding tert-OH is 1. The Balaban J connectivity index is 1.03. The summed E-state index contributed by atoms with van der Waals surface area (Å²) in [4.78, 5) is 30.4. The zero-order chi connectivity index (χ0) is 43.9. The van der Waals surface area contributed by atoms with Crippen molar-refractivity contribution < 1.29 is 24.2 Å². The minimum atomic E-state index is -2.42. The molecule has 1 unspecified atom stereocenters. The number of nitrogens with zero attached hydrogens (tertiary/aromatic N) is 6. The Bertz CT molecular complexity index is 2640. The molecule has 1 spiro atoms. The molecule has 9 rings (SSSR count). The second-order valence-electron chi connectivity index (χ2n) is 17.3. The van der Waals surface area contributed by atoms with Crippen LogP contribution in [0.3, 0.4) is 0 Å². The van der Waals surface area contributed by atoms with Gasteiger partial charge in [-0.3, -0.25) is 14.3 Å². The number of aryl methyl sites for hydroxylation is 1. The third kappa shape index (κ3) is 7.79. The van der Waals surface area contributed by atoms with E-state index in [-0.39, 0.29) is 41.9 Å². The summed E-state index contributed by atoms with van der Waals surface area (Å²) in [6, 6.07) is 41.5. The van der Waals surface area contributed by atoms with Gasteiger partial charge in [0.25, 0.3) is 5.91 Å². The highest BCUT2D eigenvalue weighted by Gasteiger charge is 2.66. The van der Waals surface area contributed by atoms with Crippen molar-refractivity contribution in [3.63, 3.8) is 0 Å². The summed E-state index contributed by atoms with van der Waals surface area (Å²) in [5, 5.41) is 27.3. The van der Waals surface area contributed by atoms with Crippen molar-refractivity contribution in [2.45, 2.75) is 75.5 Å². The predicted octanol–water partition coefficient (Wildman–Crippen LogP) is 8.45. The van der Waals surface area contributed by atoms with E-state index in [1.54, 1.807) is 7.11 Å². The van der Waals surface area contributed by atoms with Gasteiger partial charge in [-0.05, 0) is 71.1 Å². The molecule has 13 heteroatoms. The molecule has 1 N–H and O–H groups in total. The van der Waals surface area contributed by atoms with Crippen LogP contribution in [0, 0.1) is 5.92 Å². The van der Waals surface area contributed by atoms with Crippen LogP contribution in [0.2, 0.25) is 23.7 Å². The van der Waals surface area contributed by atoms with Crippen LogP contribution < -0.4 is 19.8 Å². The quantitative estimate of drug-likeness (QED) is 0.116. The van der Waals surface area contributed by atoms with E-state index >= 15 is 4.79 Å². The molecule has 3 aliphatic heterocycles. The molecule has 1 fully saturated rings. The number of benzene rings is 5. The number of hydrogen-bond acceptors (Lipinski definition) is 8. The van der Waals surface area contributed by atoms with E-state index in [2.05, 4.69) is 42.5 Å². The van der Waals surface area contributed by atoms with Gasteiger partial charge in [0.15, 0.2) is 5.60 Å². The lowest BCUT2D eigenvalue weighted by molar-refractivity contribution is -0.146. The van der Waals surface area contributed by atoms with Crippen molar-refractivity contribution in [1.82, 2.24) is 15.0 Å². The van der Waals surface area contributed by atoms with Gasteiger partial charge in [-0.2, -0.15) is 5.10 Å². The van der Waals surface area contributed by atoms with Crippen LogP contribution in [0.15, 0.2) is 139 Å². The first-order valence-corrected chi connectivity index (χ1v) is 25.0. The Morgan fingerprint density at radius 3 is 2.33 bits per heavy atom. The number of amides is 2. The number of anilines is 2. The Labute approximate surface area is 373 Å². The Hall–Kier alpha value is -5.92. The van der Waals surface area contributed by atoms with Crippen LogP contribution in [0.25, 0.3) is 0 Å². The Morgan fingerprint density at radius 2 is 1.63 bits per heavy atom. The van der Waals surface area contributed by atoms with Gasteiger partial charge in [-0.25, -0.2) is 5.01 Å². The molecule has 0 aliphatic carbocycles. The number of halogens is 1. The fourth-order valence-corrected chi connectivity index (χ4v) is 14.4. The van der Waals surface area contributed by atoms with Gasteiger partial charge in [0, 0.05) is 42.1 Å². The Morgan fingerprint density at radius 1 is 0.921 bits per heavy atom. The molecule has 0 saturated carbocycles. The molecule has 0 radical (unpaired) electrons. The van der Waals surface area contributed by atoms with E-state index in [0.717, 1.165) is 39.4 Å². The standard InChI is InChI=1S/C50H51ClN6O5Si/c1-33-48(63(3,4)40-22-20-39(61-2)21-23-40)46(27-28-55-31-44(52-54-55)41(32-58)35-11-7-5-8-12-35)62-50(33)42-29-37(51)17-25-45(42)56(49(50)60)30-34-15-18-38(19-16-34)57-47(59)26-24-43(53-57)36-13-9-6-10-14-36/h5-23,25,29,31,33,41,46,48,58H,24,26-28,30,32H2,1-4H3/t33-,41?,46+,48-,50+/m0/s1. The number of methoxy groups -OCH3 is 1. The number of aliphatic hydroxyl groups is 1. The molecular weight excluding hydrogens is 828 g/mol. The maximum Gasteiger partial charge on any atom is 0.264 e. The van der Waals surface area contributed by atoms with E-state index in [9.17, 15) is 9.90 Å². The summed E-state index contributed by atoms with van der Waals surface area (Å²) in [6.45, 7) is 7.60. The zero-order valence-corrected chi connectivity index (χ0v) is 37.7. The molecule has 5 aromatic carbocycles. The number of aromatic nitrogens is 3. The van der Waals surface area contributed by atoms with Gasteiger partial charge >= 0.3 is 0 Å². The van der Waals surface area contributed by atoms with Crippen LogP contribution in [0.4, 0.5) is 11.4 Å². The molecule has 1 saturated heterocycles. The summed E-state index contributed by atoms with van der Waals surface area (Å²) >= 11 is 6.79. The maximum absolute atomic E-state index is 15.4. The maximum atomic E-state index is 15.4. The van der Waals surface area contributed by atoms with Crippen molar-refractivity contribution in [3.8, 4) is 5.75 Å². The molecule has 0 bridgehead atoms. The largest absolute Gasteiger partial charge is 0.497 e. The van der Waals surface area contributed by atoms with Crippen LogP contribution in [0.1, 0.15) is 60.1 Å². The molecule has 63 heavy (non-hydrogen) atoms. The smallest absolute Gasteiger partial charge is 0.264 e. The average Bonchev–Trinajstić information content (AvgIpc) is 3.97. The van der Waals surface area contributed by atoms with Crippen molar-refractivity contribution in [2.24, 2.45) is 11.0 Å². The van der Waals surface area contributed by atoms with E-state index < -0.39 is 13.7 Å². The summed E-state index contributed by atoms with van der Waals surface area (Å²) < 4.78 is 14.7. The first-order valence-electron chi connectivity index (χ1n) is 21.6. The number of fused-ring (bicyclic) bond motifs is 2. The lowest BCUT2D eigenvalue weighted by atomic mass is 9.82. The van der Waals surface area contributed by atoms with Crippen LogP contribution in [-0.2, 0) is 33.0 Å². The normalized spacial score (nSPS) is 21.5. The molecule has 6 aromatic rings. The first kappa shape index (κ1) is 42.4. The minimum Gasteiger partial charge on any atom is -0.497 e. The zero-order valence-electron chi connectivity index (χ0n) is 35.9. The average molecular weight is 880 g/mol. The van der Waals surface area contributed by atoms with Gasteiger partial charge in [0.1, 0.15) is 5.75 Å². The van der Waals surface area contributed by atoms with E-state index in [1.807, 2.05) is 131 Å². The third-order valence-electron chi connectivity index (χ3n) is 13.4.